The first-order valence-corrected chi connectivity index (χ1v) is 7.72. The molecule has 0 radical (unpaired) electrons. The first kappa shape index (κ1) is 18.3. The van der Waals surface area contributed by atoms with Gasteiger partial charge in [0.15, 0.2) is 11.6 Å². The van der Waals surface area contributed by atoms with Gasteiger partial charge in [-0.2, -0.15) is 0 Å². The molecule has 0 bridgehead atoms. The van der Waals surface area contributed by atoms with E-state index < -0.39 is 11.7 Å². The Labute approximate surface area is 144 Å². The summed E-state index contributed by atoms with van der Waals surface area (Å²) >= 11 is 0. The number of carbonyl (C=O) groups is 3. The number of ether oxygens (including phenoxy) is 1. The van der Waals surface area contributed by atoms with E-state index >= 15 is 0 Å². The van der Waals surface area contributed by atoms with E-state index in [9.17, 15) is 18.8 Å². The summed E-state index contributed by atoms with van der Waals surface area (Å²) in [6, 6.07) is 11.8. The fraction of sp³-hybridized carbons (Fsp3) is 0.211. The second kappa shape index (κ2) is 8.73. The zero-order valence-corrected chi connectivity index (χ0v) is 13.8. The van der Waals surface area contributed by atoms with Crippen LogP contribution in [0.1, 0.15) is 33.6 Å². The standard InChI is InChI=1S/C19H18FNO4/c1-25-16-4-2-3-14(11-16)17(22)9-10-19(24)21-12-18(23)13-5-7-15(20)8-6-13/h2-8,11H,9-10,12H2,1H3,(H,21,24). The lowest BCUT2D eigenvalue weighted by molar-refractivity contribution is -0.120. The summed E-state index contributed by atoms with van der Waals surface area (Å²) in [5, 5.41) is 2.47. The normalized spacial score (nSPS) is 10.2. The third-order valence-electron chi connectivity index (χ3n) is 3.58. The smallest absolute Gasteiger partial charge is 0.220 e. The number of hydrogen-bond acceptors (Lipinski definition) is 4. The maximum Gasteiger partial charge on any atom is 0.220 e. The Kier molecular flexibility index (Phi) is 6.39. The van der Waals surface area contributed by atoms with Crippen molar-refractivity contribution in [1.29, 1.82) is 0 Å². The minimum Gasteiger partial charge on any atom is -0.497 e. The van der Waals surface area contributed by atoms with Crippen molar-refractivity contribution in [3.8, 4) is 5.75 Å². The number of hydrogen-bond donors (Lipinski definition) is 1. The van der Waals surface area contributed by atoms with Crippen LogP contribution in [0.3, 0.4) is 0 Å². The van der Waals surface area contributed by atoms with E-state index in [1.54, 1.807) is 24.3 Å². The van der Waals surface area contributed by atoms with E-state index in [0.717, 1.165) is 0 Å². The highest BCUT2D eigenvalue weighted by atomic mass is 19.1. The SMILES string of the molecule is COc1cccc(C(=O)CCC(=O)NCC(=O)c2ccc(F)cc2)c1. The quantitative estimate of drug-likeness (QED) is 0.748. The van der Waals surface area contributed by atoms with Crippen molar-refractivity contribution < 1.29 is 23.5 Å². The molecule has 0 fully saturated rings. The number of rotatable bonds is 8. The van der Waals surface area contributed by atoms with Gasteiger partial charge in [0.2, 0.25) is 5.91 Å². The van der Waals surface area contributed by atoms with Crippen LogP contribution in [0.25, 0.3) is 0 Å². The van der Waals surface area contributed by atoms with Gasteiger partial charge in [-0.1, -0.05) is 12.1 Å². The fourth-order valence-electron chi connectivity index (χ4n) is 2.17. The Bertz CT molecular complexity index is 771. The molecule has 0 saturated heterocycles. The van der Waals surface area contributed by atoms with Crippen LogP contribution in [0.5, 0.6) is 5.75 Å². The molecule has 0 atom stereocenters. The third-order valence-corrected chi connectivity index (χ3v) is 3.58. The highest BCUT2D eigenvalue weighted by Gasteiger charge is 2.12. The van der Waals surface area contributed by atoms with Crippen LogP contribution < -0.4 is 10.1 Å². The molecule has 5 nitrogen and oxygen atoms in total. The molecular formula is C19H18FNO4. The Balaban J connectivity index is 1.79. The number of methoxy groups -OCH3 is 1. The monoisotopic (exact) mass is 343 g/mol. The Morgan fingerprint density at radius 1 is 0.960 bits per heavy atom. The first-order chi connectivity index (χ1) is 12.0. The predicted octanol–water partition coefficient (Wildman–Crippen LogP) is 2.80. The molecule has 6 heteroatoms. The molecule has 1 amide bonds. The number of halogens is 1. The van der Waals surface area contributed by atoms with Gasteiger partial charge in [-0.15, -0.1) is 0 Å². The van der Waals surface area contributed by atoms with Gasteiger partial charge < -0.3 is 10.1 Å². The minimum atomic E-state index is -0.434. The first-order valence-electron chi connectivity index (χ1n) is 7.72. The molecular weight excluding hydrogens is 325 g/mol. The van der Waals surface area contributed by atoms with Gasteiger partial charge in [0.1, 0.15) is 11.6 Å². The lowest BCUT2D eigenvalue weighted by Crippen LogP contribution is -2.29. The summed E-state index contributed by atoms with van der Waals surface area (Å²) in [7, 11) is 1.51. The Hall–Kier alpha value is -3.02. The Morgan fingerprint density at radius 2 is 1.68 bits per heavy atom. The second-order valence-electron chi connectivity index (χ2n) is 5.36. The number of Topliss-reactive ketones (excluding diaryl/α,β-unsaturated/α-hetero) is 2. The second-order valence-corrected chi connectivity index (χ2v) is 5.36. The van der Waals surface area contributed by atoms with Gasteiger partial charge in [-0.25, -0.2) is 4.39 Å². The molecule has 0 aliphatic rings. The van der Waals surface area contributed by atoms with Crippen LogP contribution in [0, 0.1) is 5.82 Å². The third kappa shape index (κ3) is 5.53. The van der Waals surface area contributed by atoms with Gasteiger partial charge in [0.25, 0.3) is 0 Å². The van der Waals surface area contributed by atoms with Gasteiger partial charge in [-0.3, -0.25) is 14.4 Å². The molecule has 130 valence electrons. The lowest BCUT2D eigenvalue weighted by Gasteiger charge is -2.06. The molecule has 0 aliphatic carbocycles. The lowest BCUT2D eigenvalue weighted by atomic mass is 10.1. The summed E-state index contributed by atoms with van der Waals surface area (Å²) in [4.78, 5) is 35.7. The topological polar surface area (TPSA) is 72.5 Å². The highest BCUT2D eigenvalue weighted by Crippen LogP contribution is 2.14. The maximum atomic E-state index is 12.8. The molecule has 2 aromatic rings. The van der Waals surface area contributed by atoms with Crippen LogP contribution >= 0.6 is 0 Å². The van der Waals surface area contributed by atoms with Crippen molar-refractivity contribution in [1.82, 2.24) is 5.32 Å². The molecule has 0 spiro atoms. The van der Waals surface area contributed by atoms with Crippen molar-refractivity contribution in [3.63, 3.8) is 0 Å². The molecule has 2 aromatic carbocycles. The van der Waals surface area contributed by atoms with E-state index in [1.165, 1.54) is 31.4 Å². The minimum absolute atomic E-state index is 0.0211. The summed E-state index contributed by atoms with van der Waals surface area (Å²) in [6.07, 6.45) is 0.0104. The molecule has 2 rings (SSSR count). The molecule has 0 aliphatic heterocycles. The van der Waals surface area contributed by atoms with Crippen LogP contribution in [0.4, 0.5) is 4.39 Å². The molecule has 25 heavy (non-hydrogen) atoms. The number of nitrogens with one attached hydrogen (secondary N) is 1. The molecule has 0 unspecified atom stereocenters. The van der Waals surface area contributed by atoms with Gasteiger partial charge in [0.05, 0.1) is 13.7 Å². The van der Waals surface area contributed by atoms with E-state index in [4.69, 9.17) is 4.74 Å². The van der Waals surface area contributed by atoms with E-state index in [0.29, 0.717) is 16.9 Å². The summed E-state index contributed by atoms with van der Waals surface area (Å²) in [5.74, 6) is -0.769. The van der Waals surface area contributed by atoms with Crippen molar-refractivity contribution in [3.05, 3.63) is 65.5 Å². The van der Waals surface area contributed by atoms with Crippen LogP contribution in [0.15, 0.2) is 48.5 Å². The van der Waals surface area contributed by atoms with Crippen molar-refractivity contribution >= 4 is 17.5 Å². The zero-order valence-electron chi connectivity index (χ0n) is 13.8. The number of amides is 1. The number of ketones is 2. The van der Waals surface area contributed by atoms with Crippen LogP contribution in [0.2, 0.25) is 0 Å². The average Bonchev–Trinajstić information content (AvgIpc) is 2.64. The summed E-state index contributed by atoms with van der Waals surface area (Å²) in [6.45, 7) is -0.197. The van der Waals surface area contributed by atoms with Gasteiger partial charge >= 0.3 is 0 Å². The average molecular weight is 343 g/mol. The van der Waals surface area contributed by atoms with Gasteiger partial charge in [-0.05, 0) is 36.4 Å². The highest BCUT2D eigenvalue weighted by molar-refractivity contribution is 6.00. The molecule has 0 saturated carbocycles. The van der Waals surface area contributed by atoms with Crippen molar-refractivity contribution in [2.24, 2.45) is 0 Å². The summed E-state index contributed by atoms with van der Waals surface area (Å²) in [5.41, 5.74) is 0.781. The molecule has 0 heterocycles. The number of carbonyl (C=O) groups excluding carboxylic acids is 3. The maximum absolute atomic E-state index is 12.8. The predicted molar refractivity (Wildman–Crippen MR) is 90.3 cm³/mol. The summed E-state index contributed by atoms with van der Waals surface area (Å²) < 4.78 is 17.9. The van der Waals surface area contributed by atoms with Crippen LogP contribution in [-0.2, 0) is 4.79 Å². The largest absolute Gasteiger partial charge is 0.497 e. The Morgan fingerprint density at radius 3 is 2.36 bits per heavy atom. The van der Waals surface area contributed by atoms with Crippen molar-refractivity contribution in [2.45, 2.75) is 12.8 Å². The van der Waals surface area contributed by atoms with E-state index in [2.05, 4.69) is 5.32 Å². The zero-order chi connectivity index (χ0) is 18.2. The molecule has 1 N–H and O–H groups in total. The van der Waals surface area contributed by atoms with Gasteiger partial charge in [0, 0.05) is 24.0 Å². The number of benzene rings is 2. The van der Waals surface area contributed by atoms with Crippen LogP contribution in [-0.4, -0.2) is 31.1 Å². The van der Waals surface area contributed by atoms with E-state index in [1.807, 2.05) is 0 Å². The van der Waals surface area contributed by atoms with E-state index in [-0.39, 0.29) is 31.0 Å². The fourth-order valence-corrected chi connectivity index (χ4v) is 2.17. The molecule has 0 aromatic heterocycles. The van der Waals surface area contributed by atoms with Crippen molar-refractivity contribution in [2.75, 3.05) is 13.7 Å².